The van der Waals surface area contributed by atoms with E-state index in [1.54, 1.807) is 0 Å². The van der Waals surface area contributed by atoms with E-state index in [-0.39, 0.29) is 55.2 Å². The van der Waals surface area contributed by atoms with E-state index < -0.39 is 0 Å². The number of nitrogens with zero attached hydrogens (tertiary/aromatic N) is 4. The predicted octanol–water partition coefficient (Wildman–Crippen LogP) is 1.06. The second-order valence-corrected chi connectivity index (χ2v) is 13.4. The Hall–Kier alpha value is -2.54. The highest BCUT2D eigenvalue weighted by Gasteiger charge is 2.54. The summed E-state index contributed by atoms with van der Waals surface area (Å²) in [6, 6.07) is 6.86. The lowest BCUT2D eigenvalue weighted by molar-refractivity contribution is -0.176. The van der Waals surface area contributed by atoms with Crippen LogP contribution in [-0.4, -0.2) is 102 Å². The van der Waals surface area contributed by atoms with E-state index in [2.05, 4.69) is 68.6 Å². The lowest BCUT2D eigenvalue weighted by Gasteiger charge is -2.50. The molecule has 8 rings (SSSR count). The molecule has 6 aliphatic heterocycles. The van der Waals surface area contributed by atoms with E-state index in [0.717, 1.165) is 57.4 Å². The molecule has 0 radical (unpaired) electrons. The summed E-state index contributed by atoms with van der Waals surface area (Å²) in [4.78, 5) is 31.1. The SMILES string of the molecule is CN1Cc2cc(NC3NCC4C(=O)N5C/C=C/CCCCN6C(=O)COC7CCC(NC76)N5C4N3)ccc2C2(CC2)C1. The maximum atomic E-state index is 13.8. The summed E-state index contributed by atoms with van der Waals surface area (Å²) in [5.74, 6) is -0.00690. The predicted molar refractivity (Wildman–Crippen MR) is 157 cm³/mol. The zero-order valence-corrected chi connectivity index (χ0v) is 24.6. The third-order valence-electron chi connectivity index (χ3n) is 10.6. The number of allylic oxidation sites excluding steroid dienone is 1. The number of hydrogen-bond donors (Lipinski definition) is 4. The molecule has 4 saturated heterocycles. The number of fused-ring (bicyclic) bond motifs is 7. The maximum Gasteiger partial charge on any atom is 0.249 e. The van der Waals surface area contributed by atoms with Crippen molar-refractivity contribution in [3.63, 3.8) is 0 Å². The molecule has 1 aromatic carbocycles. The number of anilines is 1. The molecule has 1 spiro atoms. The first kappa shape index (κ1) is 27.0. The molecule has 11 nitrogen and oxygen atoms in total. The molecule has 42 heavy (non-hydrogen) atoms. The number of nitrogens with one attached hydrogen (secondary N) is 4. The molecular formula is C31H44N8O3. The van der Waals surface area contributed by atoms with E-state index in [4.69, 9.17) is 4.74 Å². The Bertz CT molecular complexity index is 1270. The van der Waals surface area contributed by atoms with Gasteiger partial charge in [0.15, 0.2) is 0 Å². The Kier molecular flexibility index (Phi) is 6.80. The first-order valence-corrected chi connectivity index (χ1v) is 16.0. The number of piperidine rings is 1. The fourth-order valence-corrected chi connectivity index (χ4v) is 8.36. The first-order valence-electron chi connectivity index (χ1n) is 16.0. The molecule has 6 heterocycles. The number of ether oxygens (including phenoxy) is 1. The normalized spacial score (nSPS) is 37.2. The summed E-state index contributed by atoms with van der Waals surface area (Å²) in [6.45, 7) is 4.17. The number of carbonyl (C=O) groups is 2. The molecule has 1 aliphatic carbocycles. The van der Waals surface area contributed by atoms with E-state index in [0.29, 0.717) is 18.5 Å². The van der Waals surface area contributed by atoms with Crippen molar-refractivity contribution in [2.24, 2.45) is 5.92 Å². The van der Waals surface area contributed by atoms with Crippen LogP contribution in [0.5, 0.6) is 0 Å². The molecular weight excluding hydrogens is 532 g/mol. The number of hydrogen-bond acceptors (Lipinski definition) is 9. The van der Waals surface area contributed by atoms with Crippen LogP contribution in [0.2, 0.25) is 0 Å². The van der Waals surface area contributed by atoms with Gasteiger partial charge in [-0.15, -0.1) is 0 Å². The van der Waals surface area contributed by atoms with Crippen LogP contribution in [0.1, 0.15) is 56.1 Å². The van der Waals surface area contributed by atoms with E-state index in [9.17, 15) is 9.59 Å². The number of amides is 2. The first-order chi connectivity index (χ1) is 20.5. The number of likely N-dealkylation sites (N-methyl/N-ethyl adjacent to an activating group) is 1. The van der Waals surface area contributed by atoms with Crippen molar-refractivity contribution in [3.8, 4) is 0 Å². The molecule has 5 fully saturated rings. The summed E-state index contributed by atoms with van der Waals surface area (Å²) in [5.41, 5.74) is 4.40. The number of morpholine rings is 1. The molecule has 0 aromatic heterocycles. The van der Waals surface area contributed by atoms with Gasteiger partial charge in [-0.2, -0.15) is 5.01 Å². The van der Waals surface area contributed by atoms with Crippen molar-refractivity contribution in [1.29, 1.82) is 0 Å². The Labute approximate surface area is 247 Å². The maximum absolute atomic E-state index is 13.8. The standard InChI is InChI=1S/C31H44N8O3/c1-36-17-20-15-21(7-8-23(20)31(19-36)11-12-31)33-30-32-16-22-27(35-30)39-25-10-9-24-28(34-25)37(26(40)18-42-24)13-5-3-2-4-6-14-38(39)29(22)41/h4,6-8,15,22,24-25,27-28,30,32-35H,2-3,5,9-14,16-19H2,1H3/b6-4+. The minimum absolute atomic E-state index is 0.0158. The molecule has 2 amide bonds. The van der Waals surface area contributed by atoms with Gasteiger partial charge in [0, 0.05) is 37.3 Å². The van der Waals surface area contributed by atoms with Crippen LogP contribution in [0, 0.1) is 5.92 Å². The van der Waals surface area contributed by atoms with E-state index >= 15 is 0 Å². The van der Waals surface area contributed by atoms with Crippen LogP contribution in [0.4, 0.5) is 5.69 Å². The molecule has 6 unspecified atom stereocenters. The summed E-state index contributed by atoms with van der Waals surface area (Å²) < 4.78 is 5.98. The van der Waals surface area contributed by atoms with E-state index in [1.807, 2.05) is 9.91 Å². The van der Waals surface area contributed by atoms with Gasteiger partial charge in [-0.1, -0.05) is 18.2 Å². The highest BCUT2D eigenvalue weighted by atomic mass is 16.5. The van der Waals surface area contributed by atoms with Crippen LogP contribution in [0.3, 0.4) is 0 Å². The van der Waals surface area contributed by atoms with Gasteiger partial charge in [0.25, 0.3) is 0 Å². The van der Waals surface area contributed by atoms with Gasteiger partial charge in [-0.3, -0.25) is 30.5 Å². The largest absolute Gasteiger partial charge is 0.365 e. The fourth-order valence-electron chi connectivity index (χ4n) is 8.36. The third kappa shape index (κ3) is 4.65. The minimum atomic E-state index is -0.198. The van der Waals surface area contributed by atoms with Gasteiger partial charge in [0.2, 0.25) is 11.8 Å². The average molecular weight is 577 g/mol. The average Bonchev–Trinajstić information content (AvgIpc) is 3.68. The van der Waals surface area contributed by atoms with Crippen molar-refractivity contribution in [1.82, 2.24) is 35.8 Å². The van der Waals surface area contributed by atoms with Gasteiger partial charge < -0.3 is 19.9 Å². The summed E-state index contributed by atoms with van der Waals surface area (Å²) in [5, 5.41) is 18.9. The van der Waals surface area contributed by atoms with Crippen LogP contribution >= 0.6 is 0 Å². The zero-order chi connectivity index (χ0) is 28.4. The number of benzene rings is 1. The quantitative estimate of drug-likeness (QED) is 0.385. The number of rotatable bonds is 2. The second-order valence-electron chi connectivity index (χ2n) is 13.4. The Morgan fingerprint density at radius 3 is 2.86 bits per heavy atom. The summed E-state index contributed by atoms with van der Waals surface area (Å²) in [7, 11) is 2.22. The molecule has 2 bridgehead atoms. The van der Waals surface area contributed by atoms with Crippen molar-refractivity contribution in [2.45, 2.75) is 87.8 Å². The summed E-state index contributed by atoms with van der Waals surface area (Å²) in [6.07, 6.45) is 10.9. The van der Waals surface area contributed by atoms with Crippen LogP contribution in [0.25, 0.3) is 0 Å². The van der Waals surface area contributed by atoms with Crippen LogP contribution in [0.15, 0.2) is 30.4 Å². The number of carbonyl (C=O) groups excluding carboxylic acids is 2. The highest BCUT2D eigenvalue weighted by Crippen LogP contribution is 2.52. The molecule has 226 valence electrons. The van der Waals surface area contributed by atoms with Gasteiger partial charge in [0.05, 0.1) is 30.9 Å². The fraction of sp³-hybridized carbons (Fsp3) is 0.677. The van der Waals surface area contributed by atoms with Gasteiger partial charge in [-0.25, -0.2) is 0 Å². The molecule has 1 aromatic rings. The third-order valence-corrected chi connectivity index (χ3v) is 10.6. The summed E-state index contributed by atoms with van der Waals surface area (Å²) >= 11 is 0. The second kappa shape index (κ2) is 10.6. The Balaban J connectivity index is 1.04. The van der Waals surface area contributed by atoms with Crippen molar-refractivity contribution < 1.29 is 14.3 Å². The molecule has 4 N–H and O–H groups in total. The number of hydrazine groups is 1. The lowest BCUT2D eigenvalue weighted by Crippen LogP contribution is -2.72. The van der Waals surface area contributed by atoms with Crippen LogP contribution < -0.4 is 21.3 Å². The molecule has 7 aliphatic rings. The van der Waals surface area contributed by atoms with Gasteiger partial charge >= 0.3 is 0 Å². The molecule has 6 atom stereocenters. The van der Waals surface area contributed by atoms with Gasteiger partial charge in [0.1, 0.15) is 19.1 Å². The van der Waals surface area contributed by atoms with Crippen molar-refractivity contribution >= 4 is 17.5 Å². The zero-order valence-electron chi connectivity index (χ0n) is 24.6. The Morgan fingerprint density at radius 1 is 1.07 bits per heavy atom. The molecule has 1 saturated carbocycles. The van der Waals surface area contributed by atoms with Crippen molar-refractivity contribution in [3.05, 3.63) is 41.5 Å². The Morgan fingerprint density at radius 2 is 1.98 bits per heavy atom. The lowest BCUT2D eigenvalue weighted by atomic mass is 9.87. The van der Waals surface area contributed by atoms with E-state index in [1.165, 1.54) is 24.0 Å². The smallest absolute Gasteiger partial charge is 0.249 e. The monoisotopic (exact) mass is 576 g/mol. The van der Waals surface area contributed by atoms with Gasteiger partial charge in [-0.05, 0) is 75.3 Å². The molecule has 11 heteroatoms. The van der Waals surface area contributed by atoms with Crippen molar-refractivity contribution in [2.75, 3.05) is 45.2 Å². The van der Waals surface area contributed by atoms with Crippen LogP contribution in [-0.2, 0) is 26.3 Å². The topological polar surface area (TPSA) is 104 Å². The minimum Gasteiger partial charge on any atom is -0.365 e. The highest BCUT2D eigenvalue weighted by molar-refractivity contribution is 5.82.